The molecule has 128 valence electrons. The minimum absolute atomic E-state index is 0.00993. The van der Waals surface area contributed by atoms with Gasteiger partial charge in [-0.1, -0.05) is 6.92 Å². The summed E-state index contributed by atoms with van der Waals surface area (Å²) < 4.78 is 0. The molecule has 1 saturated carbocycles. The number of nitrogens with zero attached hydrogens (tertiary/aromatic N) is 1. The maximum absolute atomic E-state index is 12.7. The molecule has 0 unspecified atom stereocenters. The van der Waals surface area contributed by atoms with Gasteiger partial charge in [-0.25, -0.2) is 4.98 Å². The Morgan fingerprint density at radius 1 is 1.46 bits per heavy atom. The summed E-state index contributed by atoms with van der Waals surface area (Å²) in [4.78, 5) is 20.0. The zero-order valence-electron chi connectivity index (χ0n) is 13.8. The predicted molar refractivity (Wildman–Crippen MR) is 94.6 cm³/mol. The number of hydrogen-bond acceptors (Lipinski definition) is 3. The predicted octanol–water partition coefficient (Wildman–Crippen LogP) is 2.04. The van der Waals surface area contributed by atoms with Crippen molar-refractivity contribution in [1.29, 1.82) is 5.41 Å². The fourth-order valence-electron chi connectivity index (χ4n) is 3.63. The van der Waals surface area contributed by atoms with Gasteiger partial charge in [0, 0.05) is 30.2 Å². The Morgan fingerprint density at radius 2 is 2.29 bits per heavy atom. The van der Waals surface area contributed by atoms with Gasteiger partial charge in [0.25, 0.3) is 0 Å². The lowest BCUT2D eigenvalue weighted by Gasteiger charge is -2.33. The number of nitrogens with one attached hydrogen (secondary N) is 4. The number of amides is 1. The van der Waals surface area contributed by atoms with E-state index in [1.54, 1.807) is 6.20 Å². The third kappa shape index (κ3) is 3.50. The van der Waals surface area contributed by atoms with Crippen LogP contribution in [0, 0.1) is 23.2 Å². The molecule has 7 heteroatoms. The molecule has 0 spiro atoms. The topological polar surface area (TPSA) is 120 Å². The number of guanidine groups is 1. The number of H-pyrrole nitrogens is 1. The molecule has 0 aromatic carbocycles. The number of rotatable bonds is 4. The van der Waals surface area contributed by atoms with E-state index < -0.39 is 0 Å². The Bertz CT molecular complexity index is 740. The fraction of sp³-hybridized carbons (Fsp3) is 0.471. The lowest BCUT2D eigenvalue weighted by molar-refractivity contribution is -0.122. The van der Waals surface area contributed by atoms with Crippen molar-refractivity contribution in [2.24, 2.45) is 23.5 Å². The van der Waals surface area contributed by atoms with E-state index in [0.717, 1.165) is 36.0 Å². The van der Waals surface area contributed by atoms with Gasteiger partial charge < -0.3 is 21.4 Å². The van der Waals surface area contributed by atoms with Crippen LogP contribution in [0.2, 0.25) is 0 Å². The second-order valence-corrected chi connectivity index (χ2v) is 6.65. The average molecular weight is 328 g/mol. The molecule has 24 heavy (non-hydrogen) atoms. The van der Waals surface area contributed by atoms with Gasteiger partial charge in [0.05, 0.1) is 5.69 Å². The maximum atomic E-state index is 12.7. The smallest absolute Gasteiger partial charge is 0.227 e. The molecule has 1 amide bonds. The molecule has 3 atom stereocenters. The summed E-state index contributed by atoms with van der Waals surface area (Å²) in [5.74, 6) is 0.872. The molecule has 3 rings (SSSR count). The van der Waals surface area contributed by atoms with Crippen LogP contribution in [0.4, 0.5) is 5.69 Å². The summed E-state index contributed by atoms with van der Waals surface area (Å²) in [6.07, 6.45) is 6.32. The van der Waals surface area contributed by atoms with Crippen LogP contribution in [0.5, 0.6) is 0 Å². The molecule has 2 aromatic heterocycles. The van der Waals surface area contributed by atoms with E-state index >= 15 is 0 Å². The summed E-state index contributed by atoms with van der Waals surface area (Å²) in [5.41, 5.74) is 6.92. The number of carbonyl (C=O) groups excluding carboxylic acids is 1. The summed E-state index contributed by atoms with van der Waals surface area (Å²) >= 11 is 0. The molecular formula is C17H24N6O. The molecule has 1 aliphatic rings. The highest BCUT2D eigenvalue weighted by atomic mass is 16.1. The second kappa shape index (κ2) is 6.90. The number of carbonyl (C=O) groups is 1. The Hall–Kier alpha value is -2.57. The lowest BCUT2D eigenvalue weighted by Crippen LogP contribution is -2.39. The van der Waals surface area contributed by atoms with Crippen molar-refractivity contribution >= 4 is 28.6 Å². The van der Waals surface area contributed by atoms with Crippen LogP contribution < -0.4 is 16.4 Å². The quantitative estimate of drug-likeness (QED) is 0.436. The average Bonchev–Trinajstić information content (AvgIpc) is 3.02. The Balaban J connectivity index is 1.62. The first-order chi connectivity index (χ1) is 11.5. The van der Waals surface area contributed by atoms with E-state index in [1.807, 2.05) is 18.3 Å². The second-order valence-electron chi connectivity index (χ2n) is 6.65. The molecule has 7 nitrogen and oxygen atoms in total. The molecule has 0 aliphatic heterocycles. The van der Waals surface area contributed by atoms with Crippen molar-refractivity contribution in [2.45, 2.75) is 26.2 Å². The fourth-order valence-corrected chi connectivity index (χ4v) is 3.63. The van der Waals surface area contributed by atoms with Crippen molar-refractivity contribution in [3.05, 3.63) is 24.5 Å². The van der Waals surface area contributed by atoms with Crippen LogP contribution in [0.15, 0.2) is 24.5 Å². The molecule has 2 aromatic rings. The standard InChI is InChI=1S/C17H24N6O/c1-10-8-11(9-22-17(18)19)2-3-12(10)16(24)23-14-5-7-21-15-13(14)4-6-20-15/h4-7,10-12H,2-3,8-9H2,1H3,(H4,18,19,22)(H2,20,21,23,24)/t10-,11+,12-/m1/s1. The van der Waals surface area contributed by atoms with Crippen molar-refractivity contribution in [3.63, 3.8) is 0 Å². The minimum atomic E-state index is 0.00993. The molecule has 0 saturated heterocycles. The first kappa shape index (κ1) is 16.3. The monoisotopic (exact) mass is 328 g/mol. The molecular weight excluding hydrogens is 304 g/mol. The van der Waals surface area contributed by atoms with Crippen LogP contribution >= 0.6 is 0 Å². The van der Waals surface area contributed by atoms with Crippen molar-refractivity contribution < 1.29 is 4.79 Å². The first-order valence-corrected chi connectivity index (χ1v) is 8.35. The number of aromatic amines is 1. The number of fused-ring (bicyclic) bond motifs is 1. The highest BCUT2D eigenvalue weighted by molar-refractivity contribution is 6.01. The van der Waals surface area contributed by atoms with Gasteiger partial charge in [0.15, 0.2) is 5.96 Å². The third-order valence-electron chi connectivity index (χ3n) is 4.91. The highest BCUT2D eigenvalue weighted by Crippen LogP contribution is 2.34. The molecule has 2 heterocycles. The van der Waals surface area contributed by atoms with Crippen LogP contribution in [-0.2, 0) is 4.79 Å². The zero-order chi connectivity index (χ0) is 17.1. The van der Waals surface area contributed by atoms with Crippen molar-refractivity contribution in [1.82, 2.24) is 15.3 Å². The molecule has 6 N–H and O–H groups in total. The molecule has 0 radical (unpaired) electrons. The van der Waals surface area contributed by atoms with E-state index in [-0.39, 0.29) is 17.8 Å². The number of aromatic nitrogens is 2. The maximum Gasteiger partial charge on any atom is 0.227 e. The van der Waals surface area contributed by atoms with E-state index in [0.29, 0.717) is 18.4 Å². The van der Waals surface area contributed by atoms with Gasteiger partial charge in [-0.15, -0.1) is 0 Å². The summed E-state index contributed by atoms with van der Waals surface area (Å²) in [7, 11) is 0. The van der Waals surface area contributed by atoms with Gasteiger partial charge in [-0.05, 0) is 43.2 Å². The van der Waals surface area contributed by atoms with Crippen molar-refractivity contribution in [3.8, 4) is 0 Å². The zero-order valence-corrected chi connectivity index (χ0v) is 13.8. The lowest BCUT2D eigenvalue weighted by atomic mass is 9.74. The van der Waals surface area contributed by atoms with Gasteiger partial charge in [-0.2, -0.15) is 0 Å². The summed E-state index contributed by atoms with van der Waals surface area (Å²) in [5, 5.41) is 14.1. The van der Waals surface area contributed by atoms with E-state index in [9.17, 15) is 4.79 Å². The highest BCUT2D eigenvalue weighted by Gasteiger charge is 2.32. The Morgan fingerprint density at radius 3 is 3.04 bits per heavy atom. The van der Waals surface area contributed by atoms with E-state index in [4.69, 9.17) is 11.1 Å². The minimum Gasteiger partial charge on any atom is -0.370 e. The van der Waals surface area contributed by atoms with Crippen LogP contribution in [0.3, 0.4) is 0 Å². The van der Waals surface area contributed by atoms with Gasteiger partial charge >= 0.3 is 0 Å². The third-order valence-corrected chi connectivity index (χ3v) is 4.91. The largest absolute Gasteiger partial charge is 0.370 e. The van der Waals surface area contributed by atoms with Gasteiger partial charge in [0.1, 0.15) is 5.65 Å². The van der Waals surface area contributed by atoms with Crippen LogP contribution in [-0.4, -0.2) is 28.4 Å². The van der Waals surface area contributed by atoms with E-state index in [1.165, 1.54) is 0 Å². The first-order valence-electron chi connectivity index (χ1n) is 8.35. The van der Waals surface area contributed by atoms with E-state index in [2.05, 4.69) is 27.5 Å². The number of nitrogens with two attached hydrogens (primary N) is 1. The van der Waals surface area contributed by atoms with Gasteiger partial charge in [0.2, 0.25) is 5.91 Å². The van der Waals surface area contributed by atoms with Crippen LogP contribution in [0.25, 0.3) is 11.0 Å². The van der Waals surface area contributed by atoms with Gasteiger partial charge in [-0.3, -0.25) is 10.2 Å². The van der Waals surface area contributed by atoms with Crippen molar-refractivity contribution in [2.75, 3.05) is 11.9 Å². The van der Waals surface area contributed by atoms with Crippen LogP contribution in [0.1, 0.15) is 26.2 Å². The Kier molecular flexibility index (Phi) is 4.69. The SMILES string of the molecule is C[C@@H]1C[C@@H](CNC(=N)N)CC[C@H]1C(=O)Nc1ccnc2[nH]ccc12. The summed E-state index contributed by atoms with van der Waals surface area (Å²) in [6.45, 7) is 2.84. The molecule has 0 bridgehead atoms. The number of hydrogen-bond donors (Lipinski definition) is 5. The molecule has 1 fully saturated rings. The molecule has 1 aliphatic carbocycles. The Labute approximate surface area is 140 Å². The number of anilines is 1. The summed E-state index contributed by atoms with van der Waals surface area (Å²) in [6, 6.07) is 3.76. The normalized spacial score (nSPS) is 23.8. The number of pyridine rings is 1.